The summed E-state index contributed by atoms with van der Waals surface area (Å²) in [6, 6.07) is -1.52. The van der Waals surface area contributed by atoms with Gasteiger partial charge in [0.05, 0.1) is 13.2 Å². The number of carbonyl (C=O) groups is 3. The van der Waals surface area contributed by atoms with Crippen LogP contribution in [0.25, 0.3) is 0 Å². The Kier molecular flexibility index (Phi) is 46.4. The second kappa shape index (κ2) is 47.7. The quantitative estimate of drug-likeness (QED) is 0.0229. The molecular formula is C52H100NO10P. The fourth-order valence-electron chi connectivity index (χ4n) is 7.83. The summed E-state index contributed by atoms with van der Waals surface area (Å²) in [6.07, 6.45) is 51.3. The summed E-state index contributed by atoms with van der Waals surface area (Å²) in [7, 11) is -4.72. The van der Waals surface area contributed by atoms with E-state index in [0.717, 1.165) is 38.5 Å². The third kappa shape index (κ3) is 46.7. The van der Waals surface area contributed by atoms with E-state index in [9.17, 15) is 23.8 Å². The molecule has 0 spiro atoms. The van der Waals surface area contributed by atoms with Crippen LogP contribution in [0, 0.1) is 0 Å². The highest BCUT2D eigenvalue weighted by Crippen LogP contribution is 2.43. The van der Waals surface area contributed by atoms with Crippen molar-refractivity contribution in [3.63, 3.8) is 0 Å². The van der Waals surface area contributed by atoms with Crippen LogP contribution in [-0.4, -0.2) is 59.9 Å². The Hall–Kier alpha value is -1.78. The lowest BCUT2D eigenvalue weighted by Crippen LogP contribution is -2.34. The van der Waals surface area contributed by atoms with Gasteiger partial charge in [-0.15, -0.1) is 0 Å². The molecule has 11 nitrogen and oxygen atoms in total. The normalized spacial score (nSPS) is 13.6. The molecule has 0 saturated heterocycles. The van der Waals surface area contributed by atoms with Crippen molar-refractivity contribution >= 4 is 25.7 Å². The second-order valence-electron chi connectivity index (χ2n) is 18.4. The van der Waals surface area contributed by atoms with Gasteiger partial charge in [-0.25, -0.2) is 4.57 Å². The first kappa shape index (κ1) is 62.2. The van der Waals surface area contributed by atoms with Gasteiger partial charge < -0.3 is 25.2 Å². The maximum Gasteiger partial charge on any atom is 0.472 e. The van der Waals surface area contributed by atoms with E-state index in [-0.39, 0.29) is 19.4 Å². The van der Waals surface area contributed by atoms with Crippen molar-refractivity contribution in [2.75, 3.05) is 19.8 Å². The van der Waals surface area contributed by atoms with Crippen molar-refractivity contribution < 1.29 is 47.5 Å². The van der Waals surface area contributed by atoms with E-state index < -0.39 is 51.1 Å². The summed E-state index contributed by atoms with van der Waals surface area (Å²) in [5.74, 6) is -2.36. The number of ether oxygens (including phenoxy) is 2. The zero-order valence-electron chi connectivity index (χ0n) is 41.4. The van der Waals surface area contributed by atoms with E-state index in [2.05, 4.69) is 26.0 Å². The van der Waals surface area contributed by atoms with Gasteiger partial charge in [-0.1, -0.05) is 231 Å². The SMILES string of the molecule is CCCCCCCC/C=C\CCCCCCCCCCCCCC(=O)O[C@H](COC(=O)CCCCCCCCCCCCCCCCCCCCC)COP(=O)(O)OC[C@H](N)C(=O)O. The van der Waals surface area contributed by atoms with Gasteiger partial charge in [-0.3, -0.25) is 23.4 Å². The van der Waals surface area contributed by atoms with Crippen LogP contribution < -0.4 is 5.73 Å². The van der Waals surface area contributed by atoms with Gasteiger partial charge in [0.2, 0.25) is 0 Å². The van der Waals surface area contributed by atoms with Gasteiger partial charge >= 0.3 is 25.7 Å². The highest BCUT2D eigenvalue weighted by molar-refractivity contribution is 7.47. The average molecular weight is 930 g/mol. The topological polar surface area (TPSA) is 172 Å². The Morgan fingerprint density at radius 2 is 0.781 bits per heavy atom. The molecule has 0 fully saturated rings. The lowest BCUT2D eigenvalue weighted by atomic mass is 10.0. The van der Waals surface area contributed by atoms with E-state index in [4.69, 9.17) is 29.4 Å². The van der Waals surface area contributed by atoms with Crippen LogP contribution in [0.2, 0.25) is 0 Å². The standard InChI is InChI=1S/C52H100NO10P/c1-3-5-7-9-11-13-15-17-19-21-23-24-26-28-30-32-34-36-38-40-42-44-51(55)63-48(46-61-64(58,59)62-47-49(53)52(56)57)45-60-50(54)43-41-39-37-35-33-31-29-27-25-22-20-18-16-14-12-10-8-6-4-2/h17,19,48-49H,3-16,18,20-47,53H2,1-2H3,(H,56,57)(H,58,59)/b19-17-/t48-,49+/m1/s1. The minimum Gasteiger partial charge on any atom is -0.480 e. The van der Waals surface area contributed by atoms with Crippen LogP contribution in [0.3, 0.4) is 0 Å². The van der Waals surface area contributed by atoms with Gasteiger partial charge in [0.1, 0.15) is 12.6 Å². The minimum atomic E-state index is -4.72. The molecule has 378 valence electrons. The molecule has 3 atom stereocenters. The molecule has 0 bridgehead atoms. The van der Waals surface area contributed by atoms with E-state index >= 15 is 0 Å². The fourth-order valence-corrected chi connectivity index (χ4v) is 8.61. The number of hydrogen-bond acceptors (Lipinski definition) is 9. The Bertz CT molecular complexity index is 1140. The first-order valence-corrected chi connectivity index (χ1v) is 28.2. The number of unbranched alkanes of at least 4 members (excludes halogenated alkanes) is 35. The van der Waals surface area contributed by atoms with Crippen molar-refractivity contribution in [1.29, 1.82) is 0 Å². The van der Waals surface area contributed by atoms with E-state index in [1.165, 1.54) is 193 Å². The number of rotatable bonds is 51. The van der Waals surface area contributed by atoms with Gasteiger partial charge in [0.25, 0.3) is 0 Å². The monoisotopic (exact) mass is 930 g/mol. The minimum absolute atomic E-state index is 0.165. The molecule has 0 heterocycles. The first-order chi connectivity index (χ1) is 31.1. The highest BCUT2D eigenvalue weighted by Gasteiger charge is 2.28. The van der Waals surface area contributed by atoms with Crippen LogP contribution in [-0.2, 0) is 37.5 Å². The van der Waals surface area contributed by atoms with E-state index in [0.29, 0.717) is 12.8 Å². The molecular weight excluding hydrogens is 830 g/mol. The molecule has 0 amide bonds. The molecule has 64 heavy (non-hydrogen) atoms. The molecule has 0 aromatic rings. The maximum atomic E-state index is 12.7. The summed E-state index contributed by atoms with van der Waals surface area (Å²) in [5.41, 5.74) is 5.36. The molecule has 0 aliphatic heterocycles. The first-order valence-electron chi connectivity index (χ1n) is 26.7. The molecule has 0 aliphatic rings. The molecule has 0 aromatic carbocycles. The fraction of sp³-hybridized carbons (Fsp3) is 0.904. The molecule has 4 N–H and O–H groups in total. The highest BCUT2D eigenvalue weighted by atomic mass is 31.2. The lowest BCUT2D eigenvalue weighted by molar-refractivity contribution is -0.161. The van der Waals surface area contributed by atoms with Crippen LogP contribution in [0.4, 0.5) is 0 Å². The summed E-state index contributed by atoms with van der Waals surface area (Å²) < 4.78 is 32.9. The number of carbonyl (C=O) groups excluding carboxylic acids is 2. The number of carboxylic acids is 1. The number of phosphoric acid groups is 1. The molecule has 0 radical (unpaired) electrons. The van der Waals surface area contributed by atoms with Crippen molar-refractivity contribution in [3.05, 3.63) is 12.2 Å². The van der Waals surface area contributed by atoms with Gasteiger partial charge in [0, 0.05) is 12.8 Å². The molecule has 1 unspecified atom stereocenters. The summed E-state index contributed by atoms with van der Waals surface area (Å²) in [5, 5.41) is 8.93. The third-order valence-electron chi connectivity index (χ3n) is 12.0. The number of aliphatic carboxylic acids is 1. The van der Waals surface area contributed by atoms with Crippen LogP contribution >= 0.6 is 7.82 Å². The number of phosphoric ester groups is 1. The summed E-state index contributed by atoms with van der Waals surface area (Å²) in [6.45, 7) is 2.86. The van der Waals surface area contributed by atoms with Crippen molar-refractivity contribution in [2.45, 2.75) is 283 Å². The number of carboxylic acid groups (broad SMARTS) is 1. The summed E-state index contributed by atoms with van der Waals surface area (Å²) >= 11 is 0. The van der Waals surface area contributed by atoms with E-state index in [1.807, 2.05) is 0 Å². The second-order valence-corrected chi connectivity index (χ2v) is 19.8. The van der Waals surface area contributed by atoms with Crippen molar-refractivity contribution in [2.24, 2.45) is 5.73 Å². The lowest BCUT2D eigenvalue weighted by Gasteiger charge is -2.20. The number of esters is 2. The average Bonchev–Trinajstić information content (AvgIpc) is 3.27. The van der Waals surface area contributed by atoms with Gasteiger partial charge in [-0.05, 0) is 38.5 Å². The number of hydrogen-bond donors (Lipinski definition) is 3. The molecule has 0 saturated carbocycles. The Morgan fingerprint density at radius 1 is 0.469 bits per heavy atom. The van der Waals surface area contributed by atoms with Crippen molar-refractivity contribution in [1.82, 2.24) is 0 Å². The number of allylic oxidation sites excluding steroid dienone is 2. The predicted molar refractivity (Wildman–Crippen MR) is 263 cm³/mol. The molecule has 0 rings (SSSR count). The van der Waals surface area contributed by atoms with Gasteiger partial charge in [-0.2, -0.15) is 0 Å². The summed E-state index contributed by atoms with van der Waals surface area (Å²) in [4.78, 5) is 46.2. The Labute approximate surface area is 392 Å². The maximum absolute atomic E-state index is 12.7. The van der Waals surface area contributed by atoms with Crippen molar-refractivity contribution in [3.8, 4) is 0 Å². The molecule has 0 aromatic heterocycles. The third-order valence-corrected chi connectivity index (χ3v) is 13.0. The molecule has 0 aliphatic carbocycles. The molecule has 12 heteroatoms. The van der Waals surface area contributed by atoms with Gasteiger partial charge in [0.15, 0.2) is 6.10 Å². The van der Waals surface area contributed by atoms with E-state index in [1.54, 1.807) is 0 Å². The zero-order valence-corrected chi connectivity index (χ0v) is 42.3. The Balaban J connectivity index is 4.18. The van der Waals surface area contributed by atoms with Crippen LogP contribution in [0.15, 0.2) is 12.2 Å². The largest absolute Gasteiger partial charge is 0.480 e. The number of nitrogens with two attached hydrogens (primary N) is 1. The van der Waals surface area contributed by atoms with Crippen LogP contribution in [0.1, 0.15) is 271 Å². The van der Waals surface area contributed by atoms with Crippen LogP contribution in [0.5, 0.6) is 0 Å². The Morgan fingerprint density at radius 3 is 1.14 bits per heavy atom. The smallest absolute Gasteiger partial charge is 0.472 e. The predicted octanol–water partition coefficient (Wildman–Crippen LogP) is 15.2. The zero-order chi connectivity index (χ0) is 47.0.